The maximum atomic E-state index is 13.3. The maximum Gasteiger partial charge on any atom is 0.262 e. The number of halogens is 1. The molecule has 7 heteroatoms. The van der Waals surface area contributed by atoms with Crippen LogP contribution in [0.1, 0.15) is 5.56 Å². The van der Waals surface area contributed by atoms with E-state index in [0.717, 1.165) is 6.07 Å². The fourth-order valence-corrected chi connectivity index (χ4v) is 3.14. The van der Waals surface area contributed by atoms with Gasteiger partial charge in [0.25, 0.3) is 10.0 Å². The van der Waals surface area contributed by atoms with Crippen molar-refractivity contribution in [1.82, 2.24) is 0 Å². The monoisotopic (exact) mass is 310 g/mol. The van der Waals surface area contributed by atoms with Gasteiger partial charge in [-0.05, 0) is 42.0 Å². The summed E-state index contributed by atoms with van der Waals surface area (Å²) in [5, 5.41) is 0. The van der Waals surface area contributed by atoms with Crippen LogP contribution in [0.3, 0.4) is 0 Å². The van der Waals surface area contributed by atoms with Crippen LogP contribution in [0.5, 0.6) is 5.75 Å². The zero-order valence-electron chi connectivity index (χ0n) is 11.3. The first-order valence-corrected chi connectivity index (χ1v) is 7.60. The normalized spacial score (nSPS) is 11.2. The summed E-state index contributed by atoms with van der Waals surface area (Å²) in [6, 6.07) is 9.83. The lowest BCUT2D eigenvalue weighted by molar-refractivity contribution is 0.415. The first kappa shape index (κ1) is 15.3. The SMILES string of the molecule is COc1ccc(NS(=O)(=O)c2cc(F)ccc2CN)cc1. The van der Waals surface area contributed by atoms with Crippen LogP contribution in [0.4, 0.5) is 10.1 Å². The number of anilines is 1. The highest BCUT2D eigenvalue weighted by molar-refractivity contribution is 7.92. The summed E-state index contributed by atoms with van der Waals surface area (Å²) in [5.74, 6) is -0.0337. The van der Waals surface area contributed by atoms with Crippen molar-refractivity contribution in [1.29, 1.82) is 0 Å². The molecular weight excluding hydrogens is 295 g/mol. The largest absolute Gasteiger partial charge is 0.497 e. The van der Waals surface area contributed by atoms with E-state index in [0.29, 0.717) is 17.0 Å². The predicted octanol–water partition coefficient (Wildman–Crippen LogP) is 2.09. The molecule has 0 saturated heterocycles. The number of rotatable bonds is 5. The molecule has 5 nitrogen and oxygen atoms in total. The number of nitrogens with one attached hydrogen (secondary N) is 1. The summed E-state index contributed by atoms with van der Waals surface area (Å²) in [5.41, 5.74) is 6.19. The molecule has 0 heterocycles. The summed E-state index contributed by atoms with van der Waals surface area (Å²) in [4.78, 5) is -0.166. The van der Waals surface area contributed by atoms with Crippen LogP contribution < -0.4 is 15.2 Å². The highest BCUT2D eigenvalue weighted by atomic mass is 32.2. The molecule has 0 aliphatic carbocycles. The Morgan fingerprint density at radius 2 is 1.86 bits per heavy atom. The summed E-state index contributed by atoms with van der Waals surface area (Å²) >= 11 is 0. The number of sulfonamides is 1. The van der Waals surface area contributed by atoms with Gasteiger partial charge in [0.05, 0.1) is 12.0 Å². The van der Waals surface area contributed by atoms with Crippen LogP contribution in [0.25, 0.3) is 0 Å². The number of ether oxygens (including phenoxy) is 1. The van der Waals surface area contributed by atoms with Gasteiger partial charge in [-0.2, -0.15) is 0 Å². The Morgan fingerprint density at radius 3 is 2.43 bits per heavy atom. The standard InChI is InChI=1S/C14H15FN2O3S/c1-20-13-6-4-12(5-7-13)17-21(18,19)14-8-11(15)3-2-10(14)9-16/h2-8,17H,9,16H2,1H3. The highest BCUT2D eigenvalue weighted by Crippen LogP contribution is 2.22. The van der Waals surface area contributed by atoms with Crippen LogP contribution in [0, 0.1) is 5.82 Å². The Balaban J connectivity index is 2.35. The number of hydrogen-bond donors (Lipinski definition) is 2. The zero-order chi connectivity index (χ0) is 15.5. The lowest BCUT2D eigenvalue weighted by Crippen LogP contribution is -2.16. The molecule has 2 aromatic carbocycles. The van der Waals surface area contributed by atoms with Crippen LogP contribution in [0.2, 0.25) is 0 Å². The van der Waals surface area contributed by atoms with Crippen LogP contribution >= 0.6 is 0 Å². The van der Waals surface area contributed by atoms with Gasteiger partial charge in [-0.3, -0.25) is 4.72 Å². The van der Waals surface area contributed by atoms with Crippen molar-refractivity contribution in [3.05, 3.63) is 53.8 Å². The Kier molecular flexibility index (Phi) is 4.44. The summed E-state index contributed by atoms with van der Waals surface area (Å²) < 4.78 is 45.3. The number of benzene rings is 2. The molecule has 3 N–H and O–H groups in total. The van der Waals surface area contributed by atoms with Crippen molar-refractivity contribution in [3.8, 4) is 5.75 Å². The number of methoxy groups -OCH3 is 1. The van der Waals surface area contributed by atoms with E-state index in [-0.39, 0.29) is 11.4 Å². The predicted molar refractivity (Wildman–Crippen MR) is 78.1 cm³/mol. The third-order valence-corrected chi connectivity index (χ3v) is 4.34. The van der Waals surface area contributed by atoms with Crippen molar-refractivity contribution >= 4 is 15.7 Å². The minimum absolute atomic E-state index is 0.000857. The molecule has 0 amide bonds. The quantitative estimate of drug-likeness (QED) is 0.886. The molecular formula is C14H15FN2O3S. The van der Waals surface area contributed by atoms with Gasteiger partial charge in [0.2, 0.25) is 0 Å². The lowest BCUT2D eigenvalue weighted by atomic mass is 10.2. The molecule has 0 aliphatic heterocycles. The van der Waals surface area contributed by atoms with E-state index in [9.17, 15) is 12.8 Å². The third kappa shape index (κ3) is 3.50. The molecule has 0 unspecified atom stereocenters. The van der Waals surface area contributed by atoms with E-state index in [1.54, 1.807) is 24.3 Å². The molecule has 112 valence electrons. The molecule has 0 bridgehead atoms. The van der Waals surface area contributed by atoms with Gasteiger partial charge < -0.3 is 10.5 Å². The molecule has 0 atom stereocenters. The maximum absolute atomic E-state index is 13.3. The summed E-state index contributed by atoms with van der Waals surface area (Å²) in [6.07, 6.45) is 0. The first-order chi connectivity index (χ1) is 9.96. The Morgan fingerprint density at radius 1 is 1.19 bits per heavy atom. The van der Waals surface area contributed by atoms with Crippen LogP contribution in [-0.4, -0.2) is 15.5 Å². The van der Waals surface area contributed by atoms with Gasteiger partial charge in [-0.1, -0.05) is 6.07 Å². The van der Waals surface area contributed by atoms with E-state index < -0.39 is 15.8 Å². The molecule has 0 fully saturated rings. The minimum atomic E-state index is -3.91. The van der Waals surface area contributed by atoms with Crippen molar-refractivity contribution in [2.45, 2.75) is 11.4 Å². The van der Waals surface area contributed by atoms with Crippen LogP contribution in [-0.2, 0) is 16.6 Å². The Hall–Kier alpha value is -2.12. The Labute approximate surface area is 122 Å². The second-order valence-corrected chi connectivity index (χ2v) is 5.94. The van der Waals surface area contributed by atoms with E-state index in [4.69, 9.17) is 10.5 Å². The second kappa shape index (κ2) is 6.11. The van der Waals surface area contributed by atoms with Crippen molar-refractivity contribution in [3.63, 3.8) is 0 Å². The van der Waals surface area contributed by atoms with Crippen LogP contribution in [0.15, 0.2) is 47.4 Å². The molecule has 0 spiro atoms. The van der Waals surface area contributed by atoms with Gasteiger partial charge >= 0.3 is 0 Å². The van der Waals surface area contributed by atoms with Gasteiger partial charge in [0.15, 0.2) is 0 Å². The fraction of sp³-hybridized carbons (Fsp3) is 0.143. The average Bonchev–Trinajstić information content (AvgIpc) is 2.47. The van der Waals surface area contributed by atoms with Gasteiger partial charge in [-0.15, -0.1) is 0 Å². The second-order valence-electron chi connectivity index (χ2n) is 4.29. The minimum Gasteiger partial charge on any atom is -0.497 e. The van der Waals surface area contributed by atoms with Gasteiger partial charge in [0, 0.05) is 12.2 Å². The molecule has 0 aliphatic rings. The average molecular weight is 310 g/mol. The smallest absolute Gasteiger partial charge is 0.262 e. The number of nitrogens with two attached hydrogens (primary N) is 1. The topological polar surface area (TPSA) is 81.4 Å². The molecule has 0 aromatic heterocycles. The van der Waals surface area contributed by atoms with E-state index in [1.807, 2.05) is 0 Å². The van der Waals surface area contributed by atoms with Crippen molar-refractivity contribution in [2.75, 3.05) is 11.8 Å². The summed E-state index contributed by atoms with van der Waals surface area (Å²) in [7, 11) is -2.40. The van der Waals surface area contributed by atoms with E-state index in [1.165, 1.54) is 19.2 Å². The van der Waals surface area contributed by atoms with Crippen molar-refractivity contribution < 1.29 is 17.5 Å². The van der Waals surface area contributed by atoms with E-state index in [2.05, 4.69) is 4.72 Å². The molecule has 21 heavy (non-hydrogen) atoms. The highest BCUT2D eigenvalue weighted by Gasteiger charge is 2.19. The number of hydrogen-bond acceptors (Lipinski definition) is 4. The molecule has 2 aromatic rings. The lowest BCUT2D eigenvalue weighted by Gasteiger charge is -2.12. The molecule has 0 radical (unpaired) electrons. The fourth-order valence-electron chi connectivity index (χ4n) is 1.82. The molecule has 2 rings (SSSR count). The third-order valence-electron chi connectivity index (χ3n) is 2.88. The molecule has 0 saturated carbocycles. The van der Waals surface area contributed by atoms with Gasteiger partial charge in [-0.25, -0.2) is 12.8 Å². The first-order valence-electron chi connectivity index (χ1n) is 6.11. The van der Waals surface area contributed by atoms with Crippen molar-refractivity contribution in [2.24, 2.45) is 5.73 Å². The Bertz CT molecular complexity index is 730. The summed E-state index contributed by atoms with van der Waals surface area (Å²) in [6.45, 7) is -0.000857. The van der Waals surface area contributed by atoms with Gasteiger partial charge in [0.1, 0.15) is 11.6 Å². The zero-order valence-corrected chi connectivity index (χ0v) is 12.2. The van der Waals surface area contributed by atoms with E-state index >= 15 is 0 Å².